The molecule has 0 aromatic carbocycles. The fourth-order valence-electron chi connectivity index (χ4n) is 2.42. The maximum Gasteiger partial charge on any atom is 0.315 e. The molecule has 1 aromatic rings. The second-order valence-corrected chi connectivity index (χ2v) is 6.59. The fourth-order valence-corrected chi connectivity index (χ4v) is 3.22. The number of amides is 2. The monoisotopic (exact) mass is 312 g/mol. The zero-order valence-electron chi connectivity index (χ0n) is 14.0. The van der Waals surface area contributed by atoms with Crippen LogP contribution in [0.25, 0.3) is 0 Å². The van der Waals surface area contributed by atoms with Gasteiger partial charge in [-0.3, -0.25) is 0 Å². The number of likely N-dealkylation sites (N-methyl/N-ethyl adjacent to an activating group) is 1. The number of aryl methyl sites for hydroxylation is 1. The van der Waals surface area contributed by atoms with Gasteiger partial charge in [0.05, 0.1) is 6.04 Å². The highest BCUT2D eigenvalue weighted by Crippen LogP contribution is 2.20. The molecule has 0 bridgehead atoms. The van der Waals surface area contributed by atoms with Gasteiger partial charge in [-0.1, -0.05) is 13.8 Å². The van der Waals surface area contributed by atoms with E-state index in [1.807, 2.05) is 19.2 Å². The number of carbonyl (C=O) groups excluding carboxylic acids is 1. The van der Waals surface area contributed by atoms with Gasteiger partial charge in [0.2, 0.25) is 0 Å². The summed E-state index contributed by atoms with van der Waals surface area (Å²) in [5.74, 6) is 0. The van der Waals surface area contributed by atoms with Crippen LogP contribution in [0.1, 0.15) is 50.4 Å². The van der Waals surface area contributed by atoms with Gasteiger partial charge in [0.15, 0.2) is 0 Å². The number of thiazole rings is 1. The number of rotatable bonds is 7. The van der Waals surface area contributed by atoms with E-state index in [4.69, 9.17) is 0 Å². The van der Waals surface area contributed by atoms with Crippen molar-refractivity contribution in [3.8, 4) is 0 Å². The second kappa shape index (κ2) is 7.75. The van der Waals surface area contributed by atoms with Crippen LogP contribution < -0.4 is 10.6 Å². The molecule has 2 amide bonds. The summed E-state index contributed by atoms with van der Waals surface area (Å²) >= 11 is 1.58. The van der Waals surface area contributed by atoms with Gasteiger partial charge in [-0.25, -0.2) is 9.78 Å². The lowest BCUT2D eigenvalue weighted by atomic mass is 9.91. The first-order valence-corrected chi connectivity index (χ1v) is 8.36. The lowest BCUT2D eigenvalue weighted by molar-refractivity contribution is 0.137. The smallest absolute Gasteiger partial charge is 0.315 e. The van der Waals surface area contributed by atoms with Gasteiger partial charge < -0.3 is 15.5 Å². The number of aromatic nitrogens is 1. The van der Waals surface area contributed by atoms with E-state index < -0.39 is 0 Å². The first-order chi connectivity index (χ1) is 9.84. The first kappa shape index (κ1) is 17.9. The van der Waals surface area contributed by atoms with Crippen molar-refractivity contribution in [3.63, 3.8) is 0 Å². The van der Waals surface area contributed by atoms with Crippen molar-refractivity contribution in [3.05, 3.63) is 16.1 Å². The van der Waals surface area contributed by atoms with Gasteiger partial charge in [0.25, 0.3) is 0 Å². The average Bonchev–Trinajstić information content (AvgIpc) is 2.87. The fraction of sp³-hybridized carbons (Fsp3) is 0.733. The van der Waals surface area contributed by atoms with Gasteiger partial charge in [-0.2, -0.15) is 0 Å². The summed E-state index contributed by atoms with van der Waals surface area (Å²) in [5, 5.41) is 8.88. The summed E-state index contributed by atoms with van der Waals surface area (Å²) in [4.78, 5) is 18.7. The Bertz CT molecular complexity index is 454. The third kappa shape index (κ3) is 4.68. The average molecular weight is 312 g/mol. The predicted molar refractivity (Wildman–Crippen MR) is 88.8 cm³/mol. The van der Waals surface area contributed by atoms with Crippen molar-refractivity contribution in [2.24, 2.45) is 0 Å². The molecule has 6 heteroatoms. The minimum atomic E-state index is -0.136. The zero-order chi connectivity index (χ0) is 16.0. The number of hydrogen-bond donors (Lipinski definition) is 2. The van der Waals surface area contributed by atoms with Crippen LogP contribution in [0.2, 0.25) is 0 Å². The van der Waals surface area contributed by atoms with Gasteiger partial charge in [-0.15, -0.1) is 11.3 Å². The lowest BCUT2D eigenvalue weighted by Crippen LogP contribution is -2.53. The van der Waals surface area contributed by atoms with E-state index in [-0.39, 0.29) is 17.6 Å². The summed E-state index contributed by atoms with van der Waals surface area (Å²) in [6.07, 6.45) is 2.00. The van der Waals surface area contributed by atoms with Crippen LogP contribution in [0.5, 0.6) is 0 Å². The number of nitrogens with zero attached hydrogens (tertiary/aromatic N) is 2. The molecule has 1 heterocycles. The molecule has 0 radical (unpaired) electrons. The van der Waals surface area contributed by atoms with Gasteiger partial charge in [0, 0.05) is 23.2 Å². The summed E-state index contributed by atoms with van der Waals surface area (Å²) in [6.45, 7) is 8.87. The molecular formula is C15H28N4OS. The molecule has 0 saturated carbocycles. The Hall–Kier alpha value is -1.14. The first-order valence-electron chi connectivity index (χ1n) is 7.48. The van der Waals surface area contributed by atoms with Crippen LogP contribution in [-0.4, -0.2) is 42.1 Å². The molecule has 1 atom stereocenters. The van der Waals surface area contributed by atoms with E-state index in [2.05, 4.69) is 48.5 Å². The lowest BCUT2D eigenvalue weighted by Gasteiger charge is -2.38. The van der Waals surface area contributed by atoms with Crippen molar-refractivity contribution in [2.45, 2.75) is 52.1 Å². The molecule has 0 aliphatic heterocycles. The zero-order valence-corrected chi connectivity index (χ0v) is 14.8. The summed E-state index contributed by atoms with van der Waals surface area (Å²) < 4.78 is 0. The summed E-state index contributed by atoms with van der Waals surface area (Å²) in [5.41, 5.74) is 1.01. The number of hydrogen-bond acceptors (Lipinski definition) is 4. The van der Waals surface area contributed by atoms with Crippen LogP contribution in [0.15, 0.2) is 5.38 Å². The largest absolute Gasteiger partial charge is 0.336 e. The molecule has 2 N–H and O–H groups in total. The maximum atomic E-state index is 12.1. The molecule has 0 aliphatic rings. The minimum Gasteiger partial charge on any atom is -0.336 e. The molecule has 21 heavy (non-hydrogen) atoms. The van der Waals surface area contributed by atoms with Crippen molar-refractivity contribution < 1.29 is 4.79 Å². The molecule has 120 valence electrons. The minimum absolute atomic E-state index is 0.0123. The van der Waals surface area contributed by atoms with Crippen molar-refractivity contribution in [1.29, 1.82) is 0 Å². The van der Waals surface area contributed by atoms with E-state index >= 15 is 0 Å². The van der Waals surface area contributed by atoms with Gasteiger partial charge in [-0.05, 0) is 40.8 Å². The molecule has 0 aliphatic carbocycles. The molecule has 0 fully saturated rings. The van der Waals surface area contributed by atoms with Crippen LogP contribution >= 0.6 is 11.3 Å². The SMILES string of the molecule is CCC(CC)(CNC(=O)N[C@@H](C)c1nc(C)cs1)N(C)C. The third-order valence-electron chi connectivity index (χ3n) is 4.20. The van der Waals surface area contributed by atoms with Crippen LogP contribution in [0.4, 0.5) is 4.79 Å². The van der Waals surface area contributed by atoms with E-state index in [0.29, 0.717) is 6.54 Å². The highest BCUT2D eigenvalue weighted by molar-refractivity contribution is 7.09. The Morgan fingerprint density at radius 1 is 1.43 bits per heavy atom. The molecule has 1 rings (SSSR count). The second-order valence-electron chi connectivity index (χ2n) is 5.70. The van der Waals surface area contributed by atoms with E-state index in [9.17, 15) is 4.79 Å². The molecule has 0 spiro atoms. The van der Waals surface area contributed by atoms with E-state index in [1.54, 1.807) is 11.3 Å². The van der Waals surface area contributed by atoms with E-state index in [1.165, 1.54) is 0 Å². The van der Waals surface area contributed by atoms with Crippen LogP contribution in [0, 0.1) is 6.92 Å². The highest BCUT2D eigenvalue weighted by Gasteiger charge is 2.29. The van der Waals surface area contributed by atoms with Crippen molar-refractivity contribution >= 4 is 17.4 Å². The Morgan fingerprint density at radius 2 is 2.05 bits per heavy atom. The molecular weight excluding hydrogens is 284 g/mol. The standard InChI is InChI=1S/C15H28N4OS/c1-7-15(8-2,19(5)6)10-16-14(20)18-12(4)13-17-11(3)9-21-13/h9,12H,7-8,10H2,1-6H3,(H2,16,18,20)/t12-/m0/s1. The summed E-state index contributed by atoms with van der Waals surface area (Å²) in [6, 6.07) is -0.204. The Labute approximate surface area is 132 Å². The molecule has 0 unspecified atom stereocenters. The van der Waals surface area contributed by atoms with E-state index in [0.717, 1.165) is 23.5 Å². The molecule has 5 nitrogen and oxygen atoms in total. The Kier molecular flexibility index (Phi) is 6.61. The maximum absolute atomic E-state index is 12.1. The topological polar surface area (TPSA) is 57.3 Å². The van der Waals surface area contributed by atoms with Gasteiger partial charge >= 0.3 is 6.03 Å². The van der Waals surface area contributed by atoms with Gasteiger partial charge in [0.1, 0.15) is 5.01 Å². The van der Waals surface area contributed by atoms with Crippen molar-refractivity contribution in [1.82, 2.24) is 20.5 Å². The number of urea groups is 1. The quantitative estimate of drug-likeness (QED) is 0.814. The highest BCUT2D eigenvalue weighted by atomic mass is 32.1. The van der Waals surface area contributed by atoms with Crippen LogP contribution in [-0.2, 0) is 0 Å². The number of nitrogens with one attached hydrogen (secondary N) is 2. The van der Waals surface area contributed by atoms with Crippen molar-refractivity contribution in [2.75, 3.05) is 20.6 Å². The Morgan fingerprint density at radius 3 is 2.48 bits per heavy atom. The van der Waals surface area contributed by atoms with Crippen LogP contribution in [0.3, 0.4) is 0 Å². The Balaban J connectivity index is 2.53. The molecule has 0 saturated heterocycles. The predicted octanol–water partition coefficient (Wildman–Crippen LogP) is 2.93. The summed E-state index contributed by atoms with van der Waals surface area (Å²) in [7, 11) is 4.13. The normalized spacial score (nSPS) is 13.3. The number of carbonyl (C=O) groups is 1. The molecule has 1 aromatic heterocycles. The third-order valence-corrected chi connectivity index (χ3v) is 5.34.